The van der Waals surface area contributed by atoms with Crippen molar-refractivity contribution in [2.24, 2.45) is 5.92 Å². The third kappa shape index (κ3) is 4.91. The summed E-state index contributed by atoms with van der Waals surface area (Å²) in [6.45, 7) is 3.92. The summed E-state index contributed by atoms with van der Waals surface area (Å²) in [6, 6.07) is 1.71. The Labute approximate surface area is 155 Å². The minimum atomic E-state index is -4.59. The number of hydrogen-bond acceptors (Lipinski definition) is 5. The average molecular weight is 386 g/mol. The molecule has 2 rings (SSSR count). The van der Waals surface area contributed by atoms with Crippen LogP contribution in [0.15, 0.2) is 5.03 Å². The molecule has 0 saturated heterocycles. The number of hydrogen-bond donors (Lipinski definition) is 0. The first-order chi connectivity index (χ1) is 12.3. The molecule has 26 heavy (non-hydrogen) atoms. The Balaban J connectivity index is 2.27. The Morgan fingerprint density at radius 1 is 1.46 bits per heavy atom. The highest BCUT2D eigenvalue weighted by molar-refractivity contribution is 7.99. The highest BCUT2D eigenvalue weighted by Crippen LogP contribution is 2.42. The van der Waals surface area contributed by atoms with Crippen molar-refractivity contribution in [1.29, 1.82) is 5.26 Å². The van der Waals surface area contributed by atoms with Gasteiger partial charge in [-0.05, 0) is 44.1 Å². The van der Waals surface area contributed by atoms with Crippen LogP contribution in [-0.2, 0) is 28.5 Å². The molecule has 0 unspecified atom stereocenters. The molecule has 1 aromatic heterocycles. The molecule has 1 aromatic rings. The first-order valence-corrected chi connectivity index (χ1v) is 9.57. The fourth-order valence-electron chi connectivity index (χ4n) is 3.05. The molecule has 1 atom stereocenters. The van der Waals surface area contributed by atoms with Crippen LogP contribution in [0.2, 0.25) is 0 Å². The normalized spacial score (nSPS) is 16.7. The number of carbonyl (C=O) groups is 1. The smallest absolute Gasteiger partial charge is 0.418 e. The molecule has 0 bridgehead atoms. The molecule has 1 heterocycles. The molecule has 4 nitrogen and oxygen atoms in total. The van der Waals surface area contributed by atoms with Crippen LogP contribution in [0, 0.1) is 17.2 Å². The summed E-state index contributed by atoms with van der Waals surface area (Å²) in [5.74, 6) is 0.199. The van der Waals surface area contributed by atoms with Crippen LogP contribution < -0.4 is 0 Å². The van der Waals surface area contributed by atoms with Crippen molar-refractivity contribution in [2.45, 2.75) is 57.2 Å². The standard InChI is InChI=1S/C18H21F3N2O2S/c1-3-25-15(24)5-4-8-26-17-13(10-22)16(18(19,20)21)12-9-11(2)6-7-14(12)23-17/h11H,3-9H2,1-2H3/t11-/m1/s1. The number of aryl methyl sites for hydroxylation is 1. The molecule has 0 aliphatic heterocycles. The zero-order chi connectivity index (χ0) is 19.3. The summed E-state index contributed by atoms with van der Waals surface area (Å²) in [7, 11) is 0. The van der Waals surface area contributed by atoms with E-state index in [9.17, 15) is 23.2 Å². The van der Waals surface area contributed by atoms with Gasteiger partial charge >= 0.3 is 12.1 Å². The van der Waals surface area contributed by atoms with Gasteiger partial charge in [0, 0.05) is 17.9 Å². The van der Waals surface area contributed by atoms with Crippen LogP contribution in [0.5, 0.6) is 0 Å². The van der Waals surface area contributed by atoms with Crippen molar-refractivity contribution in [1.82, 2.24) is 4.98 Å². The summed E-state index contributed by atoms with van der Waals surface area (Å²) < 4.78 is 45.8. The number of nitrogens with zero attached hydrogens (tertiary/aromatic N) is 2. The van der Waals surface area contributed by atoms with Gasteiger partial charge in [0.05, 0.1) is 17.7 Å². The van der Waals surface area contributed by atoms with Gasteiger partial charge in [-0.15, -0.1) is 11.8 Å². The van der Waals surface area contributed by atoms with E-state index >= 15 is 0 Å². The van der Waals surface area contributed by atoms with E-state index in [0.29, 0.717) is 37.3 Å². The highest BCUT2D eigenvalue weighted by Gasteiger charge is 2.40. The van der Waals surface area contributed by atoms with Gasteiger partial charge in [-0.1, -0.05) is 6.92 Å². The van der Waals surface area contributed by atoms with Crippen molar-refractivity contribution in [3.05, 3.63) is 22.4 Å². The van der Waals surface area contributed by atoms with Crippen molar-refractivity contribution >= 4 is 17.7 Å². The molecule has 8 heteroatoms. The minimum Gasteiger partial charge on any atom is -0.466 e. The maximum absolute atomic E-state index is 13.7. The van der Waals surface area contributed by atoms with E-state index in [1.807, 2.05) is 6.92 Å². The molecule has 1 aliphatic rings. The number of rotatable bonds is 6. The van der Waals surface area contributed by atoms with E-state index in [1.165, 1.54) is 0 Å². The molecule has 142 valence electrons. The van der Waals surface area contributed by atoms with Crippen molar-refractivity contribution in [2.75, 3.05) is 12.4 Å². The second-order valence-electron chi connectivity index (χ2n) is 6.31. The number of esters is 1. The van der Waals surface area contributed by atoms with Crippen LogP contribution in [0.3, 0.4) is 0 Å². The fourth-order valence-corrected chi connectivity index (χ4v) is 4.00. The van der Waals surface area contributed by atoms with Crippen LogP contribution in [0.25, 0.3) is 0 Å². The predicted octanol–water partition coefficient (Wildman–Crippen LogP) is 4.53. The number of aromatic nitrogens is 1. The lowest BCUT2D eigenvalue weighted by Crippen LogP contribution is -2.22. The zero-order valence-corrected chi connectivity index (χ0v) is 15.6. The Morgan fingerprint density at radius 2 is 2.19 bits per heavy atom. The second-order valence-corrected chi connectivity index (χ2v) is 7.39. The van der Waals surface area contributed by atoms with Crippen LogP contribution in [-0.4, -0.2) is 23.3 Å². The number of carbonyl (C=O) groups excluding carboxylic acids is 1. The zero-order valence-electron chi connectivity index (χ0n) is 14.8. The van der Waals surface area contributed by atoms with E-state index in [0.717, 1.165) is 18.2 Å². The van der Waals surface area contributed by atoms with Gasteiger partial charge in [0.2, 0.25) is 0 Å². The molecule has 0 N–H and O–H groups in total. The van der Waals surface area contributed by atoms with Crippen LogP contribution in [0.1, 0.15) is 55.5 Å². The predicted molar refractivity (Wildman–Crippen MR) is 91.7 cm³/mol. The molecule has 0 aromatic carbocycles. The Kier molecular flexibility index (Phi) is 6.93. The third-order valence-electron chi connectivity index (χ3n) is 4.24. The van der Waals surface area contributed by atoms with Crippen LogP contribution >= 0.6 is 11.8 Å². The Hall–Kier alpha value is -1.75. The maximum Gasteiger partial charge on any atom is 0.418 e. The summed E-state index contributed by atoms with van der Waals surface area (Å²) in [5.41, 5.74) is -0.609. The fraction of sp³-hybridized carbons (Fsp3) is 0.611. The number of halogens is 3. The molecular formula is C18H21F3N2O2S. The number of alkyl halides is 3. The van der Waals surface area contributed by atoms with Gasteiger partial charge in [0.25, 0.3) is 0 Å². The number of fused-ring (bicyclic) bond motifs is 1. The molecule has 0 radical (unpaired) electrons. The summed E-state index contributed by atoms with van der Waals surface area (Å²) >= 11 is 1.09. The van der Waals surface area contributed by atoms with E-state index < -0.39 is 17.3 Å². The number of ether oxygens (including phenoxy) is 1. The molecule has 0 amide bonds. The lowest BCUT2D eigenvalue weighted by atomic mass is 9.84. The van der Waals surface area contributed by atoms with E-state index in [1.54, 1.807) is 13.0 Å². The van der Waals surface area contributed by atoms with Gasteiger partial charge < -0.3 is 4.74 Å². The van der Waals surface area contributed by atoms with Gasteiger partial charge in [-0.2, -0.15) is 18.4 Å². The summed E-state index contributed by atoms with van der Waals surface area (Å²) in [6.07, 6.45) is -2.38. The van der Waals surface area contributed by atoms with Gasteiger partial charge in [-0.25, -0.2) is 4.98 Å². The Morgan fingerprint density at radius 3 is 2.81 bits per heavy atom. The number of pyridine rings is 1. The Bertz CT molecular complexity index is 714. The monoisotopic (exact) mass is 386 g/mol. The minimum absolute atomic E-state index is 0.108. The van der Waals surface area contributed by atoms with Gasteiger partial charge in [0.15, 0.2) is 0 Å². The first-order valence-electron chi connectivity index (χ1n) is 8.59. The lowest BCUT2D eigenvalue weighted by molar-refractivity contribution is -0.143. The topological polar surface area (TPSA) is 63.0 Å². The second kappa shape index (κ2) is 8.76. The van der Waals surface area contributed by atoms with Crippen molar-refractivity contribution in [3.63, 3.8) is 0 Å². The first kappa shape index (κ1) is 20.6. The summed E-state index contributed by atoms with van der Waals surface area (Å²) in [5, 5.41) is 9.48. The van der Waals surface area contributed by atoms with E-state index in [4.69, 9.17) is 4.74 Å². The average Bonchev–Trinajstić information content (AvgIpc) is 2.56. The molecular weight excluding hydrogens is 365 g/mol. The van der Waals surface area contributed by atoms with E-state index in [-0.39, 0.29) is 28.9 Å². The molecule has 0 saturated carbocycles. The van der Waals surface area contributed by atoms with E-state index in [2.05, 4.69) is 4.98 Å². The van der Waals surface area contributed by atoms with Crippen LogP contribution in [0.4, 0.5) is 13.2 Å². The molecule has 0 spiro atoms. The van der Waals surface area contributed by atoms with Crippen molar-refractivity contribution in [3.8, 4) is 6.07 Å². The third-order valence-corrected chi connectivity index (χ3v) is 5.30. The molecule has 0 fully saturated rings. The lowest BCUT2D eigenvalue weighted by Gasteiger charge is -2.26. The summed E-state index contributed by atoms with van der Waals surface area (Å²) in [4.78, 5) is 15.7. The molecule has 1 aliphatic carbocycles. The quantitative estimate of drug-likeness (QED) is 0.408. The number of thioether (sulfide) groups is 1. The largest absolute Gasteiger partial charge is 0.466 e. The van der Waals surface area contributed by atoms with Gasteiger partial charge in [-0.3, -0.25) is 4.79 Å². The van der Waals surface area contributed by atoms with Gasteiger partial charge in [0.1, 0.15) is 11.1 Å². The number of nitriles is 1. The highest BCUT2D eigenvalue weighted by atomic mass is 32.2. The maximum atomic E-state index is 13.7. The SMILES string of the molecule is CCOC(=O)CCCSc1nc2c(c(C(F)(F)F)c1C#N)C[C@H](C)CC2. The van der Waals surface area contributed by atoms with Crippen molar-refractivity contribution < 1.29 is 22.7 Å².